The van der Waals surface area contributed by atoms with Crippen molar-refractivity contribution in [1.82, 2.24) is 19.6 Å². The van der Waals surface area contributed by atoms with E-state index >= 15 is 0 Å². The van der Waals surface area contributed by atoms with Gasteiger partial charge in [-0.15, -0.1) is 0 Å². The lowest BCUT2D eigenvalue weighted by Gasteiger charge is -2.23. The molecule has 0 fully saturated rings. The quantitative estimate of drug-likeness (QED) is 0.364. The number of fused-ring (bicyclic) bond motifs is 3. The van der Waals surface area contributed by atoms with Crippen molar-refractivity contribution in [2.24, 2.45) is 9.98 Å². The highest BCUT2D eigenvalue weighted by atomic mass is 15.3. The summed E-state index contributed by atoms with van der Waals surface area (Å²) in [6.07, 6.45) is 0. The lowest BCUT2D eigenvalue weighted by Crippen LogP contribution is -2.35. The summed E-state index contributed by atoms with van der Waals surface area (Å²) in [5.74, 6) is 1.78. The second kappa shape index (κ2) is 8.61. The summed E-state index contributed by atoms with van der Waals surface area (Å²) >= 11 is 0. The Kier molecular flexibility index (Phi) is 6.15. The van der Waals surface area contributed by atoms with E-state index in [-0.39, 0.29) is 0 Å². The van der Waals surface area contributed by atoms with Crippen LogP contribution in [0.15, 0.2) is 58.5 Å². The van der Waals surface area contributed by atoms with Gasteiger partial charge in [0, 0.05) is 67.2 Å². The predicted molar refractivity (Wildman–Crippen MR) is 130 cm³/mol. The van der Waals surface area contributed by atoms with E-state index in [4.69, 9.17) is 9.98 Å². The summed E-state index contributed by atoms with van der Waals surface area (Å²) in [5, 5.41) is 4.54. The minimum atomic E-state index is 0.891. The number of hydrogen-bond acceptors (Lipinski definition) is 2. The third-order valence-electron chi connectivity index (χ3n) is 4.88. The molecule has 0 N–H and O–H groups in total. The van der Waals surface area contributed by atoms with Crippen molar-refractivity contribution in [3.63, 3.8) is 0 Å². The first kappa shape index (κ1) is 21.4. The highest BCUT2D eigenvalue weighted by molar-refractivity contribution is 6.18. The summed E-state index contributed by atoms with van der Waals surface area (Å²) < 4.78 is 0. The molecule has 0 bridgehead atoms. The van der Waals surface area contributed by atoms with Gasteiger partial charge in [-0.3, -0.25) is 0 Å². The summed E-state index contributed by atoms with van der Waals surface area (Å²) in [6.45, 7) is 0. The van der Waals surface area contributed by atoms with E-state index in [0.717, 1.165) is 44.8 Å². The molecule has 0 radical (unpaired) electrons. The molecule has 0 amide bonds. The van der Waals surface area contributed by atoms with Gasteiger partial charge < -0.3 is 19.6 Å². The van der Waals surface area contributed by atoms with E-state index in [1.807, 2.05) is 76.0 Å². The Bertz CT molecular complexity index is 1000. The molecular formula is C24H32N6. The normalized spacial score (nSPS) is 10.7. The maximum absolute atomic E-state index is 5.03. The third kappa shape index (κ3) is 4.17. The Labute approximate surface area is 179 Å². The molecule has 0 aliphatic rings. The van der Waals surface area contributed by atoms with Gasteiger partial charge in [-0.1, -0.05) is 36.4 Å². The number of nitrogens with zero attached hydrogens (tertiary/aromatic N) is 6. The molecule has 30 heavy (non-hydrogen) atoms. The molecular weight excluding hydrogens is 372 g/mol. The van der Waals surface area contributed by atoms with Crippen LogP contribution >= 0.6 is 0 Å². The molecule has 0 spiro atoms. The van der Waals surface area contributed by atoms with Crippen LogP contribution in [0.2, 0.25) is 0 Å². The summed E-state index contributed by atoms with van der Waals surface area (Å²) in [5.41, 5.74) is 1.88. The van der Waals surface area contributed by atoms with Gasteiger partial charge in [-0.05, 0) is 22.9 Å². The van der Waals surface area contributed by atoms with Crippen molar-refractivity contribution in [1.29, 1.82) is 0 Å². The second-order valence-corrected chi connectivity index (χ2v) is 8.22. The van der Waals surface area contributed by atoms with E-state index in [9.17, 15) is 0 Å². The molecule has 6 heteroatoms. The Hall–Kier alpha value is -3.28. The molecule has 0 aliphatic carbocycles. The zero-order valence-corrected chi connectivity index (χ0v) is 19.3. The van der Waals surface area contributed by atoms with Crippen LogP contribution in [0.1, 0.15) is 0 Å². The van der Waals surface area contributed by atoms with Crippen LogP contribution in [0.3, 0.4) is 0 Å². The first-order chi connectivity index (χ1) is 14.2. The van der Waals surface area contributed by atoms with Crippen LogP contribution in [-0.2, 0) is 0 Å². The van der Waals surface area contributed by atoms with Gasteiger partial charge in [0.05, 0.1) is 11.4 Å². The van der Waals surface area contributed by atoms with Gasteiger partial charge in [0.15, 0.2) is 0 Å². The minimum absolute atomic E-state index is 0.891. The summed E-state index contributed by atoms with van der Waals surface area (Å²) in [4.78, 5) is 18.2. The standard InChI is InChI=1S/C24H32N6/c1-27(2)23(28(3)4)25-19-13-9-11-17-15-16-18-12-10-14-20(22(18)21(17)19)26-24(29(5)6)30(7)8/h9-16H,1-8H3. The van der Waals surface area contributed by atoms with Crippen LogP contribution in [0.4, 0.5) is 11.4 Å². The molecule has 158 valence electrons. The van der Waals surface area contributed by atoms with Crippen LogP contribution in [0.25, 0.3) is 21.5 Å². The molecule has 6 nitrogen and oxygen atoms in total. The maximum atomic E-state index is 5.03. The SMILES string of the molecule is CN(C)C(=Nc1cccc2ccc3cccc(N=C(N(C)C)N(C)C)c3c12)N(C)C. The fourth-order valence-corrected chi connectivity index (χ4v) is 3.72. The number of benzene rings is 3. The topological polar surface area (TPSA) is 37.7 Å². The Morgan fingerprint density at radius 1 is 0.500 bits per heavy atom. The van der Waals surface area contributed by atoms with Gasteiger partial charge in [0.2, 0.25) is 11.9 Å². The Morgan fingerprint density at radius 2 is 0.833 bits per heavy atom. The van der Waals surface area contributed by atoms with E-state index in [1.165, 1.54) is 0 Å². The van der Waals surface area contributed by atoms with Crippen LogP contribution in [0, 0.1) is 0 Å². The van der Waals surface area contributed by atoms with E-state index in [0.29, 0.717) is 0 Å². The second-order valence-electron chi connectivity index (χ2n) is 8.22. The molecule has 0 heterocycles. The number of rotatable bonds is 2. The average molecular weight is 405 g/mol. The fourth-order valence-electron chi connectivity index (χ4n) is 3.72. The predicted octanol–water partition coefficient (Wildman–Crippen LogP) is 4.21. The van der Waals surface area contributed by atoms with Crippen molar-refractivity contribution in [3.8, 4) is 0 Å². The first-order valence-corrected chi connectivity index (χ1v) is 10.0. The fraction of sp³-hybridized carbons (Fsp3) is 0.333. The number of aliphatic imine (C=N–C) groups is 2. The van der Waals surface area contributed by atoms with Gasteiger partial charge in [0.25, 0.3) is 0 Å². The summed E-state index contributed by atoms with van der Waals surface area (Å²) in [6, 6.07) is 16.9. The number of guanidine groups is 2. The van der Waals surface area contributed by atoms with Gasteiger partial charge >= 0.3 is 0 Å². The zero-order valence-electron chi connectivity index (χ0n) is 19.3. The smallest absolute Gasteiger partial charge is 0.200 e. The average Bonchev–Trinajstić information content (AvgIpc) is 2.68. The minimum Gasteiger partial charge on any atom is -0.349 e. The van der Waals surface area contributed by atoms with Crippen molar-refractivity contribution in [2.45, 2.75) is 0 Å². The third-order valence-corrected chi connectivity index (χ3v) is 4.88. The van der Waals surface area contributed by atoms with Crippen molar-refractivity contribution in [3.05, 3.63) is 48.5 Å². The molecule has 0 unspecified atom stereocenters. The highest BCUT2D eigenvalue weighted by Crippen LogP contribution is 2.38. The van der Waals surface area contributed by atoms with Gasteiger partial charge in [0.1, 0.15) is 0 Å². The first-order valence-electron chi connectivity index (χ1n) is 10.0. The Balaban J connectivity index is 2.42. The lowest BCUT2D eigenvalue weighted by atomic mass is 9.99. The molecule has 0 saturated carbocycles. The molecule has 3 rings (SSSR count). The number of hydrogen-bond donors (Lipinski definition) is 0. The molecule has 0 aliphatic heterocycles. The van der Waals surface area contributed by atoms with E-state index in [1.54, 1.807) is 0 Å². The lowest BCUT2D eigenvalue weighted by molar-refractivity contribution is 0.484. The highest BCUT2D eigenvalue weighted by Gasteiger charge is 2.13. The Morgan fingerprint density at radius 3 is 1.13 bits per heavy atom. The summed E-state index contributed by atoms with van der Waals surface area (Å²) in [7, 11) is 16.1. The largest absolute Gasteiger partial charge is 0.349 e. The maximum Gasteiger partial charge on any atom is 0.200 e. The molecule has 0 aromatic heterocycles. The van der Waals surface area contributed by atoms with Gasteiger partial charge in [-0.25, -0.2) is 9.98 Å². The molecule has 3 aromatic rings. The van der Waals surface area contributed by atoms with E-state index in [2.05, 4.69) is 48.5 Å². The molecule has 0 atom stereocenters. The van der Waals surface area contributed by atoms with Crippen molar-refractivity contribution >= 4 is 44.8 Å². The van der Waals surface area contributed by atoms with Crippen LogP contribution in [0.5, 0.6) is 0 Å². The van der Waals surface area contributed by atoms with Gasteiger partial charge in [-0.2, -0.15) is 0 Å². The van der Waals surface area contributed by atoms with Crippen LogP contribution < -0.4 is 0 Å². The van der Waals surface area contributed by atoms with E-state index < -0.39 is 0 Å². The monoisotopic (exact) mass is 404 g/mol. The van der Waals surface area contributed by atoms with Crippen LogP contribution in [-0.4, -0.2) is 87.9 Å². The van der Waals surface area contributed by atoms with Crippen molar-refractivity contribution in [2.75, 3.05) is 56.4 Å². The van der Waals surface area contributed by atoms with Crippen molar-refractivity contribution < 1.29 is 0 Å². The molecule has 3 aromatic carbocycles. The molecule has 0 saturated heterocycles. The zero-order chi connectivity index (χ0) is 22.0.